The van der Waals surface area contributed by atoms with E-state index >= 15 is 0 Å². The summed E-state index contributed by atoms with van der Waals surface area (Å²) in [5.41, 5.74) is 1.39. The lowest BCUT2D eigenvalue weighted by Crippen LogP contribution is -2.16. The Morgan fingerprint density at radius 1 is 1.57 bits per heavy atom. The van der Waals surface area contributed by atoms with E-state index in [1.165, 1.54) is 5.56 Å². The van der Waals surface area contributed by atoms with E-state index in [9.17, 15) is 0 Å². The summed E-state index contributed by atoms with van der Waals surface area (Å²) in [6.07, 6.45) is 1.95. The Labute approximate surface area is 100 Å². The predicted molar refractivity (Wildman–Crippen MR) is 70.8 cm³/mol. The average molecular weight is 250 g/mol. The summed E-state index contributed by atoms with van der Waals surface area (Å²) < 4.78 is 0. The number of thiophene rings is 1. The molecule has 0 aliphatic carbocycles. The molecule has 0 saturated heterocycles. The van der Waals surface area contributed by atoms with Gasteiger partial charge in [0.1, 0.15) is 0 Å². The van der Waals surface area contributed by atoms with Crippen LogP contribution in [0.2, 0.25) is 0 Å². The molecule has 0 bridgehead atoms. The topological polar surface area (TPSA) is 12.0 Å². The molecule has 0 fully saturated rings. The molecule has 80 valence electrons. The third-order valence-electron chi connectivity index (χ3n) is 1.57. The second-order valence-corrected chi connectivity index (χ2v) is 4.60. The largest absolute Gasteiger partial charge is 0.312 e. The van der Waals surface area contributed by atoms with Gasteiger partial charge in [-0.1, -0.05) is 6.08 Å². The molecular formula is C10H16ClNS2. The predicted octanol–water partition coefficient (Wildman–Crippen LogP) is 3.18. The molecule has 0 saturated carbocycles. The summed E-state index contributed by atoms with van der Waals surface area (Å²) in [5.74, 6) is 2.22. The molecule has 14 heavy (non-hydrogen) atoms. The van der Waals surface area contributed by atoms with Crippen LogP contribution >= 0.6 is 35.5 Å². The molecule has 0 atom stereocenters. The molecule has 0 radical (unpaired) electrons. The quantitative estimate of drug-likeness (QED) is 0.589. The fourth-order valence-electron chi connectivity index (χ4n) is 0.937. The highest BCUT2D eigenvalue weighted by Gasteiger charge is 1.91. The zero-order chi connectivity index (χ0) is 9.36. The Kier molecular flexibility index (Phi) is 9.62. The van der Waals surface area contributed by atoms with E-state index in [0.717, 1.165) is 24.6 Å². The maximum Gasteiger partial charge on any atom is 0.0214 e. The smallest absolute Gasteiger partial charge is 0.0214 e. The number of rotatable bonds is 7. The van der Waals surface area contributed by atoms with Crippen molar-refractivity contribution in [3.63, 3.8) is 0 Å². The zero-order valence-electron chi connectivity index (χ0n) is 8.07. The third kappa shape index (κ3) is 6.49. The molecule has 1 rings (SSSR count). The first-order valence-electron chi connectivity index (χ1n) is 4.34. The number of hydrogen-bond donors (Lipinski definition) is 1. The Morgan fingerprint density at radius 2 is 2.43 bits per heavy atom. The Bertz CT molecular complexity index is 224. The van der Waals surface area contributed by atoms with Crippen LogP contribution in [0.5, 0.6) is 0 Å². The van der Waals surface area contributed by atoms with Crippen molar-refractivity contribution in [1.29, 1.82) is 0 Å². The lowest BCUT2D eigenvalue weighted by molar-refractivity contribution is 0.734. The van der Waals surface area contributed by atoms with Gasteiger partial charge >= 0.3 is 0 Å². The first-order valence-corrected chi connectivity index (χ1v) is 6.43. The van der Waals surface area contributed by atoms with E-state index in [-0.39, 0.29) is 12.4 Å². The minimum absolute atomic E-state index is 0. The molecule has 1 aromatic rings. The van der Waals surface area contributed by atoms with E-state index in [1.807, 2.05) is 17.8 Å². The van der Waals surface area contributed by atoms with Gasteiger partial charge < -0.3 is 5.32 Å². The van der Waals surface area contributed by atoms with Crippen LogP contribution in [0, 0.1) is 0 Å². The zero-order valence-corrected chi connectivity index (χ0v) is 10.5. The van der Waals surface area contributed by atoms with Crippen LogP contribution in [-0.4, -0.2) is 18.1 Å². The number of nitrogens with one attached hydrogen (secondary N) is 1. The summed E-state index contributed by atoms with van der Waals surface area (Å²) in [4.78, 5) is 0. The van der Waals surface area contributed by atoms with Gasteiger partial charge in [0.25, 0.3) is 0 Å². The van der Waals surface area contributed by atoms with Crippen molar-refractivity contribution < 1.29 is 0 Å². The van der Waals surface area contributed by atoms with Crippen molar-refractivity contribution in [3.05, 3.63) is 35.0 Å². The fourth-order valence-corrected chi connectivity index (χ4v) is 2.23. The molecule has 1 N–H and O–H groups in total. The van der Waals surface area contributed by atoms with Crippen LogP contribution in [0.1, 0.15) is 5.56 Å². The maximum absolute atomic E-state index is 3.68. The molecule has 1 nitrogen and oxygen atoms in total. The van der Waals surface area contributed by atoms with Gasteiger partial charge in [-0.3, -0.25) is 0 Å². The summed E-state index contributed by atoms with van der Waals surface area (Å²) in [6.45, 7) is 5.76. The van der Waals surface area contributed by atoms with E-state index in [1.54, 1.807) is 11.3 Å². The molecule has 0 amide bonds. The minimum atomic E-state index is 0. The Balaban J connectivity index is 0.00000169. The van der Waals surface area contributed by atoms with Crippen LogP contribution in [-0.2, 0) is 6.54 Å². The Hall–Kier alpha value is 0.0400. The van der Waals surface area contributed by atoms with Crippen LogP contribution in [0.25, 0.3) is 0 Å². The van der Waals surface area contributed by atoms with Gasteiger partial charge in [-0.05, 0) is 22.4 Å². The second-order valence-electron chi connectivity index (χ2n) is 2.67. The van der Waals surface area contributed by atoms with Crippen molar-refractivity contribution in [2.45, 2.75) is 6.54 Å². The highest BCUT2D eigenvalue weighted by molar-refractivity contribution is 7.99. The normalized spacial score (nSPS) is 9.43. The van der Waals surface area contributed by atoms with E-state index in [0.29, 0.717) is 0 Å². The minimum Gasteiger partial charge on any atom is -0.312 e. The number of hydrogen-bond acceptors (Lipinski definition) is 3. The van der Waals surface area contributed by atoms with Gasteiger partial charge in [0.15, 0.2) is 0 Å². The first-order chi connectivity index (χ1) is 6.43. The van der Waals surface area contributed by atoms with Crippen LogP contribution < -0.4 is 5.32 Å². The van der Waals surface area contributed by atoms with Gasteiger partial charge in [0, 0.05) is 24.6 Å². The van der Waals surface area contributed by atoms with E-state index in [2.05, 4.69) is 28.7 Å². The highest BCUT2D eigenvalue weighted by Crippen LogP contribution is 2.05. The van der Waals surface area contributed by atoms with Gasteiger partial charge in [-0.2, -0.15) is 23.1 Å². The van der Waals surface area contributed by atoms with E-state index < -0.39 is 0 Å². The van der Waals surface area contributed by atoms with Crippen molar-refractivity contribution in [1.82, 2.24) is 5.32 Å². The van der Waals surface area contributed by atoms with Crippen LogP contribution in [0.15, 0.2) is 29.5 Å². The summed E-state index contributed by atoms with van der Waals surface area (Å²) in [7, 11) is 0. The lowest BCUT2D eigenvalue weighted by Gasteiger charge is -2.01. The van der Waals surface area contributed by atoms with E-state index in [4.69, 9.17) is 0 Å². The van der Waals surface area contributed by atoms with Gasteiger partial charge in [-0.15, -0.1) is 19.0 Å². The molecule has 0 aliphatic heterocycles. The molecule has 1 aromatic heterocycles. The molecule has 0 spiro atoms. The molecule has 0 aromatic carbocycles. The second kappa shape index (κ2) is 9.59. The monoisotopic (exact) mass is 249 g/mol. The summed E-state index contributed by atoms with van der Waals surface area (Å²) >= 11 is 3.67. The first kappa shape index (κ1) is 14.0. The third-order valence-corrected chi connectivity index (χ3v) is 3.26. The van der Waals surface area contributed by atoms with Crippen LogP contribution in [0.4, 0.5) is 0 Å². The maximum atomic E-state index is 3.68. The van der Waals surface area contributed by atoms with Gasteiger partial charge in [0.05, 0.1) is 0 Å². The molecule has 0 aliphatic rings. The molecule has 4 heteroatoms. The highest BCUT2D eigenvalue weighted by atomic mass is 35.5. The van der Waals surface area contributed by atoms with Gasteiger partial charge in [-0.25, -0.2) is 0 Å². The molecular weight excluding hydrogens is 234 g/mol. The fraction of sp³-hybridized carbons (Fsp3) is 0.400. The van der Waals surface area contributed by atoms with Gasteiger partial charge in [0.2, 0.25) is 0 Å². The summed E-state index contributed by atoms with van der Waals surface area (Å²) in [6, 6.07) is 2.16. The molecule has 0 unspecified atom stereocenters. The number of halogens is 1. The molecule has 1 heterocycles. The van der Waals surface area contributed by atoms with Crippen molar-refractivity contribution in [2.24, 2.45) is 0 Å². The number of thioether (sulfide) groups is 1. The lowest BCUT2D eigenvalue weighted by atomic mass is 10.3. The van der Waals surface area contributed by atoms with Crippen molar-refractivity contribution in [2.75, 3.05) is 18.1 Å². The average Bonchev–Trinajstić information content (AvgIpc) is 2.63. The SMILES string of the molecule is C=CCSCCNCc1ccsc1.Cl. The van der Waals surface area contributed by atoms with Crippen molar-refractivity contribution >= 4 is 35.5 Å². The summed E-state index contributed by atoms with van der Waals surface area (Å²) in [5, 5.41) is 7.70. The standard InChI is InChI=1S/C10H15NS2.ClH/c1-2-5-12-7-4-11-8-10-3-6-13-9-10;/h2-3,6,9,11H,1,4-5,7-8H2;1H. The van der Waals surface area contributed by atoms with Crippen molar-refractivity contribution in [3.8, 4) is 0 Å². The Morgan fingerprint density at radius 3 is 3.07 bits per heavy atom. The van der Waals surface area contributed by atoms with Crippen LogP contribution in [0.3, 0.4) is 0 Å².